The molecule has 1 unspecified atom stereocenters. The lowest BCUT2D eigenvalue weighted by molar-refractivity contribution is 0.199. The fourth-order valence-electron chi connectivity index (χ4n) is 2.45. The zero-order chi connectivity index (χ0) is 12.3. The first-order chi connectivity index (χ1) is 8.24. The number of likely N-dealkylation sites (N-methyl/N-ethyl adjacent to an activating group) is 1. The highest BCUT2D eigenvalue weighted by atomic mass is 15.3. The fraction of sp³-hybridized carbons (Fsp3) is 0.500. The Kier molecular flexibility index (Phi) is 3.65. The summed E-state index contributed by atoms with van der Waals surface area (Å²) in [6, 6.07) is 10.6. The molecule has 2 rings (SSSR count). The molecule has 3 nitrogen and oxygen atoms in total. The normalized spacial score (nSPS) is 21.2. The maximum Gasteiger partial charge on any atom is 0.0991 e. The highest BCUT2D eigenvalue weighted by Crippen LogP contribution is 2.19. The predicted molar refractivity (Wildman–Crippen MR) is 70.1 cm³/mol. The molecule has 1 aromatic carbocycles. The first kappa shape index (κ1) is 11.9. The van der Waals surface area contributed by atoms with Crippen LogP contribution >= 0.6 is 0 Å². The van der Waals surface area contributed by atoms with Gasteiger partial charge in [-0.05, 0) is 37.7 Å². The van der Waals surface area contributed by atoms with E-state index in [0.29, 0.717) is 6.04 Å². The number of hydrogen-bond donors (Lipinski definition) is 0. The number of anilines is 1. The van der Waals surface area contributed by atoms with Crippen molar-refractivity contribution in [1.29, 1.82) is 5.26 Å². The van der Waals surface area contributed by atoms with Gasteiger partial charge < -0.3 is 4.90 Å². The minimum Gasteiger partial charge on any atom is -0.369 e. The van der Waals surface area contributed by atoms with Gasteiger partial charge in [0.05, 0.1) is 11.6 Å². The molecule has 0 spiro atoms. The van der Waals surface area contributed by atoms with Crippen molar-refractivity contribution in [2.75, 3.05) is 31.1 Å². The second kappa shape index (κ2) is 5.20. The molecular formula is C14H19N3. The second-order valence-corrected chi connectivity index (χ2v) is 4.58. The third-order valence-corrected chi connectivity index (χ3v) is 3.53. The van der Waals surface area contributed by atoms with Crippen molar-refractivity contribution in [3.8, 4) is 6.07 Å². The van der Waals surface area contributed by atoms with E-state index in [2.05, 4.69) is 29.7 Å². The van der Waals surface area contributed by atoms with E-state index in [0.717, 1.165) is 31.7 Å². The molecular weight excluding hydrogens is 210 g/mol. The molecule has 0 aliphatic carbocycles. The summed E-state index contributed by atoms with van der Waals surface area (Å²) in [5.41, 5.74) is 1.96. The molecule has 90 valence electrons. The molecule has 1 saturated heterocycles. The van der Waals surface area contributed by atoms with Gasteiger partial charge in [0.1, 0.15) is 0 Å². The Morgan fingerprint density at radius 3 is 2.53 bits per heavy atom. The molecule has 0 amide bonds. The van der Waals surface area contributed by atoms with E-state index in [4.69, 9.17) is 5.26 Å². The van der Waals surface area contributed by atoms with E-state index in [1.54, 1.807) is 0 Å². The molecule has 0 radical (unpaired) electrons. The SMILES string of the molecule is CCN1CCN(c2ccc(C#N)cc2)CC1C. The smallest absolute Gasteiger partial charge is 0.0991 e. The zero-order valence-corrected chi connectivity index (χ0v) is 10.6. The van der Waals surface area contributed by atoms with E-state index >= 15 is 0 Å². The standard InChI is InChI=1S/C14H19N3/c1-3-16-8-9-17(11-12(16)2)14-6-4-13(10-15)5-7-14/h4-7,12H,3,8-9,11H2,1-2H3. The maximum atomic E-state index is 8.78. The predicted octanol–water partition coefficient (Wildman–Crippen LogP) is 2.09. The van der Waals surface area contributed by atoms with Gasteiger partial charge in [-0.25, -0.2) is 0 Å². The first-order valence-electron chi connectivity index (χ1n) is 6.23. The van der Waals surface area contributed by atoms with Crippen molar-refractivity contribution in [3.63, 3.8) is 0 Å². The topological polar surface area (TPSA) is 30.3 Å². The fourth-order valence-corrected chi connectivity index (χ4v) is 2.45. The molecule has 1 heterocycles. The molecule has 0 aromatic heterocycles. The minimum absolute atomic E-state index is 0.601. The largest absolute Gasteiger partial charge is 0.369 e. The number of hydrogen-bond acceptors (Lipinski definition) is 3. The second-order valence-electron chi connectivity index (χ2n) is 4.58. The third-order valence-electron chi connectivity index (χ3n) is 3.53. The van der Waals surface area contributed by atoms with Crippen LogP contribution in [0.15, 0.2) is 24.3 Å². The van der Waals surface area contributed by atoms with Crippen LogP contribution < -0.4 is 4.90 Å². The summed E-state index contributed by atoms with van der Waals surface area (Å²) in [5, 5.41) is 8.78. The Balaban J connectivity index is 2.06. The van der Waals surface area contributed by atoms with Crippen LogP contribution in [-0.4, -0.2) is 37.1 Å². The van der Waals surface area contributed by atoms with Gasteiger partial charge in [-0.15, -0.1) is 0 Å². The molecule has 17 heavy (non-hydrogen) atoms. The minimum atomic E-state index is 0.601. The molecule has 0 N–H and O–H groups in total. The summed E-state index contributed by atoms with van der Waals surface area (Å²) in [7, 11) is 0. The van der Waals surface area contributed by atoms with Gasteiger partial charge >= 0.3 is 0 Å². The lowest BCUT2D eigenvalue weighted by Gasteiger charge is -2.40. The molecule has 0 bridgehead atoms. The van der Waals surface area contributed by atoms with Crippen LogP contribution in [0.1, 0.15) is 19.4 Å². The Bertz CT molecular complexity index is 404. The highest BCUT2D eigenvalue weighted by Gasteiger charge is 2.22. The van der Waals surface area contributed by atoms with Gasteiger partial charge in [0.15, 0.2) is 0 Å². The maximum absolute atomic E-state index is 8.78. The van der Waals surface area contributed by atoms with Crippen LogP contribution in [-0.2, 0) is 0 Å². The molecule has 1 aliphatic rings. The van der Waals surface area contributed by atoms with Gasteiger partial charge in [-0.3, -0.25) is 4.90 Å². The monoisotopic (exact) mass is 229 g/mol. The molecule has 1 aromatic rings. The summed E-state index contributed by atoms with van der Waals surface area (Å²) < 4.78 is 0. The molecule has 1 aliphatic heterocycles. The van der Waals surface area contributed by atoms with Crippen molar-refractivity contribution in [3.05, 3.63) is 29.8 Å². The Morgan fingerprint density at radius 2 is 2.00 bits per heavy atom. The number of rotatable bonds is 2. The number of nitriles is 1. The van der Waals surface area contributed by atoms with Crippen molar-refractivity contribution in [1.82, 2.24) is 4.90 Å². The summed E-state index contributed by atoms with van der Waals surface area (Å²) in [6.45, 7) is 8.89. The van der Waals surface area contributed by atoms with E-state index in [1.165, 1.54) is 5.69 Å². The van der Waals surface area contributed by atoms with E-state index in [1.807, 2.05) is 24.3 Å². The lowest BCUT2D eigenvalue weighted by Crippen LogP contribution is -2.51. The molecule has 1 atom stereocenters. The van der Waals surface area contributed by atoms with E-state index in [-0.39, 0.29) is 0 Å². The Labute approximate surface area is 103 Å². The van der Waals surface area contributed by atoms with E-state index < -0.39 is 0 Å². The summed E-state index contributed by atoms with van der Waals surface area (Å²) in [4.78, 5) is 4.90. The molecule has 3 heteroatoms. The highest BCUT2D eigenvalue weighted by molar-refractivity contribution is 5.50. The van der Waals surface area contributed by atoms with Crippen LogP contribution in [0.2, 0.25) is 0 Å². The lowest BCUT2D eigenvalue weighted by atomic mass is 10.1. The van der Waals surface area contributed by atoms with Gasteiger partial charge in [-0.2, -0.15) is 5.26 Å². The van der Waals surface area contributed by atoms with Gasteiger partial charge in [-0.1, -0.05) is 6.92 Å². The third kappa shape index (κ3) is 2.59. The van der Waals surface area contributed by atoms with Crippen molar-refractivity contribution >= 4 is 5.69 Å². The van der Waals surface area contributed by atoms with Gasteiger partial charge in [0.2, 0.25) is 0 Å². The van der Waals surface area contributed by atoms with Crippen molar-refractivity contribution in [2.24, 2.45) is 0 Å². The van der Waals surface area contributed by atoms with Crippen LogP contribution in [0.4, 0.5) is 5.69 Å². The van der Waals surface area contributed by atoms with Crippen molar-refractivity contribution in [2.45, 2.75) is 19.9 Å². The zero-order valence-electron chi connectivity index (χ0n) is 10.6. The number of nitrogens with zero attached hydrogens (tertiary/aromatic N) is 3. The van der Waals surface area contributed by atoms with Crippen LogP contribution in [0.25, 0.3) is 0 Å². The van der Waals surface area contributed by atoms with Crippen LogP contribution in [0.3, 0.4) is 0 Å². The summed E-state index contributed by atoms with van der Waals surface area (Å²) in [6.07, 6.45) is 0. The number of benzene rings is 1. The Hall–Kier alpha value is -1.53. The summed E-state index contributed by atoms with van der Waals surface area (Å²) in [5.74, 6) is 0. The molecule has 0 saturated carbocycles. The van der Waals surface area contributed by atoms with Crippen LogP contribution in [0.5, 0.6) is 0 Å². The number of piperazine rings is 1. The van der Waals surface area contributed by atoms with Crippen molar-refractivity contribution < 1.29 is 0 Å². The van der Waals surface area contributed by atoms with Crippen LogP contribution in [0, 0.1) is 11.3 Å². The molecule has 1 fully saturated rings. The average Bonchev–Trinajstić information content (AvgIpc) is 2.39. The summed E-state index contributed by atoms with van der Waals surface area (Å²) >= 11 is 0. The Morgan fingerprint density at radius 1 is 1.29 bits per heavy atom. The van der Waals surface area contributed by atoms with Gasteiger partial charge in [0, 0.05) is 31.4 Å². The quantitative estimate of drug-likeness (QED) is 0.778. The first-order valence-corrected chi connectivity index (χ1v) is 6.23. The van der Waals surface area contributed by atoms with Gasteiger partial charge in [0.25, 0.3) is 0 Å². The van der Waals surface area contributed by atoms with E-state index in [9.17, 15) is 0 Å². The average molecular weight is 229 g/mol.